The Morgan fingerprint density at radius 1 is 1.38 bits per heavy atom. The summed E-state index contributed by atoms with van der Waals surface area (Å²) in [5.41, 5.74) is 6.05. The zero-order valence-corrected chi connectivity index (χ0v) is 14.0. The Bertz CT molecular complexity index is 762. The van der Waals surface area contributed by atoms with E-state index in [-0.39, 0.29) is 30.3 Å². The number of benzene rings is 1. The highest BCUT2D eigenvalue weighted by atomic mass is 19.1. The van der Waals surface area contributed by atoms with Crippen LogP contribution in [0.4, 0.5) is 4.39 Å². The summed E-state index contributed by atoms with van der Waals surface area (Å²) in [6.07, 6.45) is -0.0357. The second-order valence-corrected chi connectivity index (χ2v) is 6.45. The highest BCUT2D eigenvalue weighted by molar-refractivity contribution is 5.93. The van der Waals surface area contributed by atoms with Gasteiger partial charge in [-0.05, 0) is 32.9 Å². The molecule has 0 atom stereocenters. The molecule has 0 aliphatic rings. The van der Waals surface area contributed by atoms with Gasteiger partial charge < -0.3 is 10.5 Å². The summed E-state index contributed by atoms with van der Waals surface area (Å²) < 4.78 is 20.6. The van der Waals surface area contributed by atoms with Gasteiger partial charge >= 0.3 is 5.97 Å². The van der Waals surface area contributed by atoms with E-state index in [0.29, 0.717) is 11.3 Å². The molecule has 6 nitrogen and oxygen atoms in total. The van der Waals surface area contributed by atoms with Crippen molar-refractivity contribution in [3.63, 3.8) is 0 Å². The van der Waals surface area contributed by atoms with Crippen molar-refractivity contribution in [2.45, 2.75) is 39.3 Å². The van der Waals surface area contributed by atoms with Gasteiger partial charge in [0.15, 0.2) is 0 Å². The second-order valence-electron chi connectivity index (χ2n) is 6.45. The van der Waals surface area contributed by atoms with E-state index in [1.165, 1.54) is 10.7 Å². The molecule has 128 valence electrons. The molecule has 0 bridgehead atoms. The SMILES string of the molecule is CC(C)(C)OC(=O)Cc1cc(C(=N)N)nn1Cc1ccccc1F. The van der Waals surface area contributed by atoms with E-state index in [9.17, 15) is 9.18 Å². The van der Waals surface area contributed by atoms with Crippen LogP contribution in [0.3, 0.4) is 0 Å². The molecular formula is C17H21FN4O2. The molecule has 0 radical (unpaired) electrons. The molecule has 0 aliphatic heterocycles. The van der Waals surface area contributed by atoms with Gasteiger partial charge in [0, 0.05) is 5.56 Å². The number of aromatic nitrogens is 2. The fourth-order valence-electron chi connectivity index (χ4n) is 2.18. The van der Waals surface area contributed by atoms with Gasteiger partial charge in [-0.1, -0.05) is 18.2 Å². The minimum absolute atomic E-state index is 0.0357. The minimum atomic E-state index is -0.600. The molecule has 7 heteroatoms. The number of amidine groups is 1. The fraction of sp³-hybridized carbons (Fsp3) is 0.353. The number of nitrogens with zero attached hydrogens (tertiary/aromatic N) is 2. The van der Waals surface area contributed by atoms with Crippen molar-refractivity contribution in [3.8, 4) is 0 Å². The van der Waals surface area contributed by atoms with Gasteiger partial charge in [-0.25, -0.2) is 4.39 Å². The number of esters is 1. The number of halogens is 1. The maximum atomic E-state index is 13.9. The largest absolute Gasteiger partial charge is 0.460 e. The first kappa shape index (κ1) is 17.7. The first-order valence-electron chi connectivity index (χ1n) is 7.52. The molecule has 0 unspecified atom stereocenters. The average Bonchev–Trinajstić information content (AvgIpc) is 2.82. The lowest BCUT2D eigenvalue weighted by molar-refractivity contribution is -0.154. The van der Waals surface area contributed by atoms with Crippen LogP contribution in [-0.2, 0) is 22.5 Å². The van der Waals surface area contributed by atoms with E-state index in [2.05, 4.69) is 5.10 Å². The van der Waals surface area contributed by atoms with Gasteiger partial charge in [0.1, 0.15) is 22.9 Å². The predicted molar refractivity (Wildman–Crippen MR) is 88.3 cm³/mol. The van der Waals surface area contributed by atoms with E-state index in [0.717, 1.165) is 0 Å². The third-order valence-corrected chi connectivity index (χ3v) is 3.16. The summed E-state index contributed by atoms with van der Waals surface area (Å²) in [5, 5.41) is 11.7. The molecule has 0 saturated carbocycles. The summed E-state index contributed by atoms with van der Waals surface area (Å²) in [4.78, 5) is 12.1. The molecule has 0 saturated heterocycles. The Morgan fingerprint density at radius 2 is 2.04 bits per heavy atom. The molecule has 24 heavy (non-hydrogen) atoms. The van der Waals surface area contributed by atoms with Crippen LogP contribution in [0.2, 0.25) is 0 Å². The summed E-state index contributed by atoms with van der Waals surface area (Å²) in [6, 6.07) is 7.87. The first-order valence-corrected chi connectivity index (χ1v) is 7.52. The molecular weight excluding hydrogens is 311 g/mol. The highest BCUT2D eigenvalue weighted by Gasteiger charge is 2.20. The predicted octanol–water partition coefficient (Wildman–Crippen LogP) is 2.24. The first-order chi connectivity index (χ1) is 11.2. The zero-order valence-electron chi connectivity index (χ0n) is 14.0. The topological polar surface area (TPSA) is 94.0 Å². The van der Waals surface area contributed by atoms with Gasteiger partial charge in [-0.2, -0.15) is 5.10 Å². The molecule has 0 spiro atoms. The number of rotatable bonds is 5. The van der Waals surface area contributed by atoms with E-state index in [1.807, 2.05) is 0 Å². The number of hydrogen-bond acceptors (Lipinski definition) is 4. The lowest BCUT2D eigenvalue weighted by Gasteiger charge is -2.19. The molecule has 0 amide bonds. The van der Waals surface area contributed by atoms with Crippen LogP contribution in [0.25, 0.3) is 0 Å². The lowest BCUT2D eigenvalue weighted by atomic mass is 10.2. The highest BCUT2D eigenvalue weighted by Crippen LogP contribution is 2.14. The summed E-state index contributed by atoms with van der Waals surface area (Å²) in [5.74, 6) is -0.999. The van der Waals surface area contributed by atoms with Crippen LogP contribution in [0.15, 0.2) is 30.3 Å². The van der Waals surface area contributed by atoms with Crippen molar-refractivity contribution < 1.29 is 13.9 Å². The van der Waals surface area contributed by atoms with E-state index < -0.39 is 11.6 Å². The molecule has 3 N–H and O–H groups in total. The normalized spacial score (nSPS) is 11.3. The lowest BCUT2D eigenvalue weighted by Crippen LogP contribution is -2.25. The van der Waals surface area contributed by atoms with Crippen molar-refractivity contribution in [1.82, 2.24) is 9.78 Å². The summed E-state index contributed by atoms with van der Waals surface area (Å²) >= 11 is 0. The van der Waals surface area contributed by atoms with E-state index >= 15 is 0 Å². The number of carbonyl (C=O) groups is 1. The molecule has 1 aromatic heterocycles. The second kappa shape index (κ2) is 6.82. The van der Waals surface area contributed by atoms with Gasteiger partial charge in [0.25, 0.3) is 0 Å². The minimum Gasteiger partial charge on any atom is -0.460 e. The number of nitrogen functional groups attached to an aromatic ring is 1. The molecule has 1 heterocycles. The quantitative estimate of drug-likeness (QED) is 0.499. The van der Waals surface area contributed by atoms with Crippen LogP contribution in [0.1, 0.15) is 37.7 Å². The van der Waals surface area contributed by atoms with Crippen molar-refractivity contribution in [1.29, 1.82) is 5.41 Å². The number of nitrogens with two attached hydrogens (primary N) is 1. The van der Waals surface area contributed by atoms with Crippen LogP contribution < -0.4 is 5.73 Å². The Balaban J connectivity index is 2.28. The maximum Gasteiger partial charge on any atom is 0.312 e. The van der Waals surface area contributed by atoms with E-state index in [1.54, 1.807) is 45.0 Å². The molecule has 2 aromatic rings. The molecule has 0 fully saturated rings. The van der Waals surface area contributed by atoms with Crippen LogP contribution in [0, 0.1) is 11.2 Å². The van der Waals surface area contributed by atoms with Gasteiger partial charge in [-0.15, -0.1) is 0 Å². The Labute approximate surface area is 139 Å². The van der Waals surface area contributed by atoms with Crippen molar-refractivity contribution in [2.24, 2.45) is 5.73 Å². The Kier molecular flexibility index (Phi) is 5.02. The third-order valence-electron chi connectivity index (χ3n) is 3.16. The Morgan fingerprint density at radius 3 is 2.62 bits per heavy atom. The monoisotopic (exact) mass is 332 g/mol. The maximum absolute atomic E-state index is 13.9. The molecule has 0 aliphatic carbocycles. The summed E-state index contributed by atoms with van der Waals surface area (Å²) in [7, 11) is 0. The number of ether oxygens (including phenoxy) is 1. The fourth-order valence-corrected chi connectivity index (χ4v) is 2.18. The molecule has 1 aromatic carbocycles. The van der Waals surface area contributed by atoms with Crippen molar-refractivity contribution in [3.05, 3.63) is 53.1 Å². The van der Waals surface area contributed by atoms with Gasteiger partial charge in [-0.3, -0.25) is 14.9 Å². The van der Waals surface area contributed by atoms with Crippen molar-refractivity contribution >= 4 is 11.8 Å². The molecule has 2 rings (SSSR count). The smallest absolute Gasteiger partial charge is 0.312 e. The Hall–Kier alpha value is -2.70. The third kappa shape index (κ3) is 4.65. The number of hydrogen-bond donors (Lipinski definition) is 2. The van der Waals surface area contributed by atoms with Gasteiger partial charge in [0.05, 0.1) is 18.7 Å². The van der Waals surface area contributed by atoms with Crippen molar-refractivity contribution in [2.75, 3.05) is 0 Å². The number of carbonyl (C=O) groups excluding carboxylic acids is 1. The zero-order chi connectivity index (χ0) is 17.9. The standard InChI is InChI=1S/C17H21FN4O2/c1-17(2,3)24-15(23)9-12-8-14(16(19)20)21-22(12)10-11-6-4-5-7-13(11)18/h4-8H,9-10H2,1-3H3,(H3,19,20). The summed E-state index contributed by atoms with van der Waals surface area (Å²) in [6.45, 7) is 5.48. The number of nitrogens with one attached hydrogen (secondary N) is 1. The van der Waals surface area contributed by atoms with Crippen LogP contribution in [0.5, 0.6) is 0 Å². The van der Waals surface area contributed by atoms with Crippen LogP contribution >= 0.6 is 0 Å². The average molecular weight is 332 g/mol. The van der Waals surface area contributed by atoms with E-state index in [4.69, 9.17) is 15.9 Å². The van der Waals surface area contributed by atoms with Crippen LogP contribution in [-0.4, -0.2) is 27.2 Å². The van der Waals surface area contributed by atoms with Gasteiger partial charge in [0.2, 0.25) is 0 Å².